The maximum Gasteiger partial charge on any atom is 0.0578 e. The first kappa shape index (κ1) is 17.7. The third kappa shape index (κ3) is 4.08. The van der Waals surface area contributed by atoms with Gasteiger partial charge in [0.25, 0.3) is 0 Å². The smallest absolute Gasteiger partial charge is 0.0578 e. The summed E-state index contributed by atoms with van der Waals surface area (Å²) in [7, 11) is 0. The lowest BCUT2D eigenvalue weighted by Gasteiger charge is -2.38. The Morgan fingerprint density at radius 2 is 1.80 bits per heavy atom. The van der Waals surface area contributed by atoms with E-state index >= 15 is 0 Å². The molecule has 2 fully saturated rings. The molecule has 0 radical (unpaired) electrons. The summed E-state index contributed by atoms with van der Waals surface area (Å²) in [5.41, 5.74) is 1.28. The van der Waals surface area contributed by atoms with Crippen LogP contribution in [-0.2, 0) is 0 Å². The number of rotatable bonds is 3. The van der Waals surface area contributed by atoms with Gasteiger partial charge < -0.3 is 5.32 Å². The van der Waals surface area contributed by atoms with E-state index in [9.17, 15) is 0 Å². The number of hydrogen-bond acceptors (Lipinski definition) is 3. The molecule has 0 spiro atoms. The Balaban J connectivity index is 0.000001000. The average Bonchev–Trinajstić information content (AvgIpc) is 2.95. The Morgan fingerprint density at radius 3 is 2.40 bits per heavy atom. The van der Waals surface area contributed by atoms with E-state index in [-0.39, 0.29) is 24.8 Å². The van der Waals surface area contributed by atoms with Gasteiger partial charge in [-0.15, -0.1) is 24.8 Å². The molecule has 3 rings (SSSR count). The lowest BCUT2D eigenvalue weighted by molar-refractivity contribution is 0.122. The molecule has 0 bridgehead atoms. The third-order valence-electron chi connectivity index (χ3n) is 4.38. The minimum Gasteiger partial charge on any atom is -0.314 e. The molecule has 1 aliphatic heterocycles. The normalized spacial score (nSPS) is 21.8. The number of hydrogen-bond donors (Lipinski definition) is 1. The average molecular weight is 318 g/mol. The highest BCUT2D eigenvalue weighted by Gasteiger charge is 2.32. The third-order valence-corrected chi connectivity index (χ3v) is 4.38. The van der Waals surface area contributed by atoms with Gasteiger partial charge in [-0.05, 0) is 30.9 Å². The molecule has 0 unspecified atom stereocenters. The molecule has 5 heteroatoms. The van der Waals surface area contributed by atoms with Gasteiger partial charge in [0, 0.05) is 32.4 Å². The SMILES string of the molecule is Cl.Cl.c1ccc([C@@H](C2CCCC2)N2CCNCC2)nc1. The number of nitrogens with one attached hydrogen (secondary N) is 1. The summed E-state index contributed by atoms with van der Waals surface area (Å²) in [5.74, 6) is 0.818. The van der Waals surface area contributed by atoms with Crippen LogP contribution in [0.15, 0.2) is 24.4 Å². The van der Waals surface area contributed by atoms with Crippen molar-refractivity contribution < 1.29 is 0 Å². The molecule has 1 aromatic rings. The number of halogens is 2. The van der Waals surface area contributed by atoms with Gasteiger partial charge in [-0.25, -0.2) is 0 Å². The first-order valence-corrected chi connectivity index (χ1v) is 7.31. The molecule has 1 aromatic heterocycles. The Hall–Kier alpha value is -0.350. The van der Waals surface area contributed by atoms with Gasteiger partial charge in [0.2, 0.25) is 0 Å². The zero-order valence-electron chi connectivity index (χ0n) is 11.8. The predicted octanol–water partition coefficient (Wildman–Crippen LogP) is 3.06. The van der Waals surface area contributed by atoms with Gasteiger partial charge in [-0.1, -0.05) is 18.9 Å². The van der Waals surface area contributed by atoms with Crippen LogP contribution in [0.5, 0.6) is 0 Å². The quantitative estimate of drug-likeness (QED) is 0.928. The van der Waals surface area contributed by atoms with Gasteiger partial charge in [-0.3, -0.25) is 9.88 Å². The number of aromatic nitrogens is 1. The van der Waals surface area contributed by atoms with E-state index in [1.807, 2.05) is 12.3 Å². The van der Waals surface area contributed by atoms with Crippen LogP contribution in [0.3, 0.4) is 0 Å². The molecular weight excluding hydrogens is 293 g/mol. The van der Waals surface area contributed by atoms with Gasteiger partial charge in [0.15, 0.2) is 0 Å². The molecular formula is C15H25Cl2N3. The fraction of sp³-hybridized carbons (Fsp3) is 0.667. The van der Waals surface area contributed by atoms with Crippen LogP contribution in [0.25, 0.3) is 0 Å². The van der Waals surface area contributed by atoms with Crippen molar-refractivity contribution in [3.8, 4) is 0 Å². The van der Waals surface area contributed by atoms with E-state index in [4.69, 9.17) is 0 Å². The van der Waals surface area contributed by atoms with Gasteiger partial charge in [-0.2, -0.15) is 0 Å². The Kier molecular flexibility index (Phi) is 7.82. The number of piperazine rings is 1. The van der Waals surface area contributed by atoms with Crippen LogP contribution in [-0.4, -0.2) is 36.1 Å². The van der Waals surface area contributed by atoms with Crippen LogP contribution in [0.4, 0.5) is 0 Å². The molecule has 1 atom stereocenters. The minimum absolute atomic E-state index is 0. The van der Waals surface area contributed by atoms with E-state index in [0.29, 0.717) is 6.04 Å². The van der Waals surface area contributed by atoms with Crippen LogP contribution >= 0.6 is 24.8 Å². The summed E-state index contributed by atoms with van der Waals surface area (Å²) in [6, 6.07) is 6.92. The molecule has 1 aliphatic carbocycles. The molecule has 2 heterocycles. The zero-order chi connectivity index (χ0) is 12.2. The van der Waals surface area contributed by atoms with Crippen molar-refractivity contribution in [2.75, 3.05) is 26.2 Å². The molecule has 20 heavy (non-hydrogen) atoms. The van der Waals surface area contributed by atoms with Gasteiger partial charge in [0.1, 0.15) is 0 Å². The molecule has 1 saturated carbocycles. The highest BCUT2D eigenvalue weighted by Crippen LogP contribution is 2.38. The van der Waals surface area contributed by atoms with Crippen molar-refractivity contribution >= 4 is 24.8 Å². The number of nitrogens with zero attached hydrogens (tertiary/aromatic N) is 2. The van der Waals surface area contributed by atoms with Crippen molar-refractivity contribution in [2.24, 2.45) is 5.92 Å². The molecule has 1 saturated heterocycles. The summed E-state index contributed by atoms with van der Waals surface area (Å²) in [6.07, 6.45) is 7.51. The Labute approximate surface area is 134 Å². The largest absolute Gasteiger partial charge is 0.314 e. The second-order valence-electron chi connectivity index (χ2n) is 5.53. The topological polar surface area (TPSA) is 28.2 Å². The lowest BCUT2D eigenvalue weighted by Crippen LogP contribution is -2.46. The maximum absolute atomic E-state index is 4.64. The van der Waals surface area contributed by atoms with Crippen LogP contribution in [0.2, 0.25) is 0 Å². The summed E-state index contributed by atoms with van der Waals surface area (Å²) < 4.78 is 0. The molecule has 0 aromatic carbocycles. The van der Waals surface area contributed by atoms with E-state index in [1.165, 1.54) is 31.4 Å². The van der Waals surface area contributed by atoms with Crippen molar-refractivity contribution in [1.82, 2.24) is 15.2 Å². The van der Waals surface area contributed by atoms with Crippen molar-refractivity contribution in [2.45, 2.75) is 31.7 Å². The lowest BCUT2D eigenvalue weighted by atomic mass is 9.93. The Morgan fingerprint density at radius 1 is 1.10 bits per heavy atom. The van der Waals surface area contributed by atoms with Crippen LogP contribution in [0.1, 0.15) is 37.4 Å². The highest BCUT2D eigenvalue weighted by molar-refractivity contribution is 5.85. The second-order valence-corrected chi connectivity index (χ2v) is 5.53. The zero-order valence-corrected chi connectivity index (χ0v) is 13.5. The van der Waals surface area contributed by atoms with E-state index < -0.39 is 0 Å². The number of pyridine rings is 1. The summed E-state index contributed by atoms with van der Waals surface area (Å²) >= 11 is 0. The second kappa shape index (κ2) is 8.83. The first-order chi connectivity index (χ1) is 8.95. The molecule has 114 valence electrons. The molecule has 2 aliphatic rings. The van der Waals surface area contributed by atoms with Gasteiger partial charge in [0.05, 0.1) is 11.7 Å². The van der Waals surface area contributed by atoms with Gasteiger partial charge >= 0.3 is 0 Å². The standard InChI is InChI=1S/C15H23N3.2ClH/c1-2-6-13(5-1)15(14-7-3-4-8-17-14)18-11-9-16-10-12-18;;/h3-4,7-8,13,15-16H,1-2,5-6,9-12H2;2*1H/t15-;;/m1../s1. The minimum atomic E-state index is 0. The maximum atomic E-state index is 4.64. The highest BCUT2D eigenvalue weighted by atomic mass is 35.5. The molecule has 1 N–H and O–H groups in total. The molecule has 0 amide bonds. The van der Waals surface area contributed by atoms with E-state index in [0.717, 1.165) is 32.1 Å². The summed E-state index contributed by atoms with van der Waals surface area (Å²) in [5, 5.41) is 3.45. The fourth-order valence-corrected chi connectivity index (χ4v) is 3.51. The molecule has 3 nitrogen and oxygen atoms in total. The van der Waals surface area contributed by atoms with E-state index in [2.05, 4.69) is 27.3 Å². The van der Waals surface area contributed by atoms with Crippen molar-refractivity contribution in [3.05, 3.63) is 30.1 Å². The summed E-state index contributed by atoms with van der Waals surface area (Å²) in [6.45, 7) is 4.57. The predicted molar refractivity (Wildman–Crippen MR) is 87.9 cm³/mol. The van der Waals surface area contributed by atoms with Crippen molar-refractivity contribution in [1.29, 1.82) is 0 Å². The Bertz CT molecular complexity index is 363. The first-order valence-electron chi connectivity index (χ1n) is 7.31. The van der Waals surface area contributed by atoms with Crippen molar-refractivity contribution in [3.63, 3.8) is 0 Å². The van der Waals surface area contributed by atoms with Crippen LogP contribution in [0, 0.1) is 5.92 Å². The summed E-state index contributed by atoms with van der Waals surface area (Å²) in [4.78, 5) is 7.28. The van der Waals surface area contributed by atoms with E-state index in [1.54, 1.807) is 0 Å². The van der Waals surface area contributed by atoms with Crippen LogP contribution < -0.4 is 5.32 Å². The monoisotopic (exact) mass is 317 g/mol. The fourth-order valence-electron chi connectivity index (χ4n) is 3.51.